The van der Waals surface area contributed by atoms with Gasteiger partial charge in [0.15, 0.2) is 0 Å². The van der Waals surface area contributed by atoms with Crippen LogP contribution in [-0.2, 0) is 0 Å². The average molecular weight is 387 g/mol. The molecule has 0 radical (unpaired) electrons. The summed E-state index contributed by atoms with van der Waals surface area (Å²) in [5.41, 5.74) is 1.73. The van der Waals surface area contributed by atoms with Gasteiger partial charge in [-0.3, -0.25) is 4.79 Å². The lowest BCUT2D eigenvalue weighted by Gasteiger charge is -2.10. The number of carbonyl (C=O) groups is 1. The topological polar surface area (TPSA) is 76.1 Å². The Hall–Kier alpha value is -3.19. The van der Waals surface area contributed by atoms with Crippen LogP contribution >= 0.6 is 11.6 Å². The average Bonchev–Trinajstić information content (AvgIpc) is 2.61. The maximum atomic E-state index is 13.3. The van der Waals surface area contributed by atoms with Crippen molar-refractivity contribution in [2.24, 2.45) is 0 Å². The van der Waals surface area contributed by atoms with E-state index < -0.39 is 5.91 Å². The molecule has 0 unspecified atom stereocenters. The Labute approximate surface area is 160 Å². The molecule has 2 aromatic carbocycles. The van der Waals surface area contributed by atoms with Crippen LogP contribution in [0.3, 0.4) is 0 Å². The number of methoxy groups -OCH3 is 1. The first-order valence-electron chi connectivity index (χ1n) is 7.98. The molecule has 3 aromatic rings. The molecule has 0 bridgehead atoms. The summed E-state index contributed by atoms with van der Waals surface area (Å²) in [6.07, 6.45) is 0. The van der Waals surface area contributed by atoms with E-state index in [1.54, 1.807) is 43.3 Å². The van der Waals surface area contributed by atoms with Crippen LogP contribution in [0.4, 0.5) is 21.7 Å². The molecule has 3 rings (SSSR count). The number of ether oxygens (including phenoxy) is 1. The minimum Gasteiger partial charge on any atom is -0.495 e. The fraction of sp³-hybridized carbons (Fsp3) is 0.105. The SMILES string of the molecule is COc1ccc(NC(=O)c2cc(C)nc(Nc3cccc(F)c3)n2)cc1Cl. The molecule has 0 saturated heterocycles. The summed E-state index contributed by atoms with van der Waals surface area (Å²) in [6, 6.07) is 12.3. The van der Waals surface area contributed by atoms with Gasteiger partial charge in [0, 0.05) is 17.1 Å². The molecule has 0 aliphatic heterocycles. The third-order valence-corrected chi connectivity index (χ3v) is 3.87. The quantitative estimate of drug-likeness (QED) is 0.671. The first kappa shape index (κ1) is 18.6. The van der Waals surface area contributed by atoms with E-state index in [0.717, 1.165) is 0 Å². The molecule has 0 aliphatic rings. The summed E-state index contributed by atoms with van der Waals surface area (Å²) in [6.45, 7) is 1.74. The number of nitrogens with one attached hydrogen (secondary N) is 2. The minimum absolute atomic E-state index is 0.161. The second kappa shape index (κ2) is 8.01. The van der Waals surface area contributed by atoms with E-state index in [2.05, 4.69) is 20.6 Å². The van der Waals surface area contributed by atoms with Crippen molar-refractivity contribution in [3.63, 3.8) is 0 Å². The molecule has 0 aliphatic carbocycles. The van der Waals surface area contributed by atoms with Crippen LogP contribution in [0.5, 0.6) is 5.75 Å². The van der Waals surface area contributed by atoms with E-state index >= 15 is 0 Å². The molecular formula is C19H16ClFN4O2. The number of benzene rings is 2. The molecule has 1 heterocycles. The van der Waals surface area contributed by atoms with Gasteiger partial charge in [0.1, 0.15) is 17.3 Å². The van der Waals surface area contributed by atoms with Crippen molar-refractivity contribution < 1.29 is 13.9 Å². The number of hydrogen-bond acceptors (Lipinski definition) is 5. The number of anilines is 3. The lowest BCUT2D eigenvalue weighted by atomic mass is 10.2. The van der Waals surface area contributed by atoms with Gasteiger partial charge in [0.25, 0.3) is 5.91 Å². The van der Waals surface area contributed by atoms with Gasteiger partial charge in [-0.25, -0.2) is 14.4 Å². The van der Waals surface area contributed by atoms with Crippen molar-refractivity contribution in [2.75, 3.05) is 17.7 Å². The van der Waals surface area contributed by atoms with Gasteiger partial charge in [-0.2, -0.15) is 0 Å². The van der Waals surface area contributed by atoms with E-state index in [9.17, 15) is 9.18 Å². The highest BCUT2D eigenvalue weighted by Crippen LogP contribution is 2.27. The van der Waals surface area contributed by atoms with Gasteiger partial charge in [-0.05, 0) is 49.4 Å². The monoisotopic (exact) mass is 386 g/mol. The van der Waals surface area contributed by atoms with Crippen molar-refractivity contribution >= 4 is 34.8 Å². The van der Waals surface area contributed by atoms with Gasteiger partial charge >= 0.3 is 0 Å². The van der Waals surface area contributed by atoms with Gasteiger partial charge in [0.05, 0.1) is 12.1 Å². The number of aryl methyl sites for hydroxylation is 1. The zero-order valence-electron chi connectivity index (χ0n) is 14.6. The Balaban J connectivity index is 1.80. The first-order valence-corrected chi connectivity index (χ1v) is 8.35. The summed E-state index contributed by atoms with van der Waals surface area (Å²) in [5.74, 6) is -0.112. The predicted molar refractivity (Wildman–Crippen MR) is 102 cm³/mol. The Morgan fingerprint density at radius 2 is 1.93 bits per heavy atom. The third kappa shape index (κ3) is 4.71. The highest BCUT2D eigenvalue weighted by molar-refractivity contribution is 6.32. The van der Waals surface area contributed by atoms with Crippen LogP contribution in [0.2, 0.25) is 5.02 Å². The van der Waals surface area contributed by atoms with Crippen molar-refractivity contribution in [3.05, 3.63) is 70.8 Å². The summed E-state index contributed by atoms with van der Waals surface area (Å²) < 4.78 is 18.4. The predicted octanol–water partition coefficient (Wildman–Crippen LogP) is 4.58. The van der Waals surface area contributed by atoms with E-state index in [4.69, 9.17) is 16.3 Å². The first-order chi connectivity index (χ1) is 12.9. The fourth-order valence-electron chi connectivity index (χ4n) is 2.38. The number of carbonyl (C=O) groups excluding carboxylic acids is 1. The van der Waals surface area contributed by atoms with Gasteiger partial charge in [-0.15, -0.1) is 0 Å². The largest absolute Gasteiger partial charge is 0.495 e. The number of amides is 1. The number of aromatic nitrogens is 2. The fourth-order valence-corrected chi connectivity index (χ4v) is 2.63. The number of nitrogens with zero attached hydrogens (tertiary/aromatic N) is 2. The molecule has 1 amide bonds. The standard InChI is InChI=1S/C19H16ClFN4O2/c1-11-8-16(18(26)23-14-6-7-17(27-2)15(20)10-14)25-19(22-11)24-13-5-3-4-12(21)9-13/h3-10H,1-2H3,(H,23,26)(H,22,24,25). The second-order valence-corrected chi connectivity index (χ2v) is 6.06. The number of rotatable bonds is 5. The van der Waals surface area contributed by atoms with Crippen LogP contribution in [0, 0.1) is 12.7 Å². The van der Waals surface area contributed by atoms with Crippen LogP contribution < -0.4 is 15.4 Å². The Morgan fingerprint density at radius 3 is 2.63 bits per heavy atom. The molecule has 0 saturated carbocycles. The van der Waals surface area contributed by atoms with Crippen molar-refractivity contribution in [1.82, 2.24) is 9.97 Å². The van der Waals surface area contributed by atoms with Crippen molar-refractivity contribution in [2.45, 2.75) is 6.92 Å². The van der Waals surface area contributed by atoms with Crippen molar-refractivity contribution in [3.8, 4) is 5.75 Å². The maximum Gasteiger partial charge on any atom is 0.274 e. The summed E-state index contributed by atoms with van der Waals surface area (Å²) in [5, 5.41) is 5.99. The molecule has 6 nitrogen and oxygen atoms in total. The Morgan fingerprint density at radius 1 is 1.11 bits per heavy atom. The van der Waals surface area contributed by atoms with E-state index in [-0.39, 0.29) is 17.5 Å². The van der Waals surface area contributed by atoms with E-state index in [1.165, 1.54) is 19.2 Å². The highest BCUT2D eigenvalue weighted by atomic mass is 35.5. The third-order valence-electron chi connectivity index (χ3n) is 3.58. The van der Waals surface area contributed by atoms with Gasteiger partial charge in [0.2, 0.25) is 5.95 Å². The van der Waals surface area contributed by atoms with Crippen LogP contribution in [0.25, 0.3) is 0 Å². The molecule has 8 heteroatoms. The molecule has 138 valence electrons. The van der Waals surface area contributed by atoms with Gasteiger partial charge < -0.3 is 15.4 Å². The molecule has 0 atom stereocenters. The number of halogens is 2. The summed E-state index contributed by atoms with van der Waals surface area (Å²) >= 11 is 6.07. The Kier molecular flexibility index (Phi) is 5.52. The highest BCUT2D eigenvalue weighted by Gasteiger charge is 2.12. The van der Waals surface area contributed by atoms with Gasteiger partial charge in [-0.1, -0.05) is 17.7 Å². The molecule has 27 heavy (non-hydrogen) atoms. The summed E-state index contributed by atoms with van der Waals surface area (Å²) in [7, 11) is 1.51. The molecular weight excluding hydrogens is 371 g/mol. The minimum atomic E-state index is -0.427. The maximum absolute atomic E-state index is 13.3. The summed E-state index contributed by atoms with van der Waals surface area (Å²) in [4.78, 5) is 20.9. The van der Waals surface area contributed by atoms with E-state index in [0.29, 0.717) is 27.8 Å². The molecule has 2 N–H and O–H groups in total. The molecule has 0 spiro atoms. The zero-order valence-corrected chi connectivity index (χ0v) is 15.3. The van der Waals surface area contributed by atoms with Crippen LogP contribution in [-0.4, -0.2) is 23.0 Å². The van der Waals surface area contributed by atoms with Crippen LogP contribution in [0.1, 0.15) is 16.2 Å². The molecule has 1 aromatic heterocycles. The second-order valence-electron chi connectivity index (χ2n) is 5.66. The van der Waals surface area contributed by atoms with E-state index in [1.807, 2.05) is 0 Å². The molecule has 0 fully saturated rings. The van der Waals surface area contributed by atoms with Crippen LogP contribution in [0.15, 0.2) is 48.5 Å². The Bertz CT molecular complexity index is 997. The number of hydrogen-bond donors (Lipinski definition) is 2. The zero-order chi connectivity index (χ0) is 19.4. The smallest absolute Gasteiger partial charge is 0.274 e. The lowest BCUT2D eigenvalue weighted by molar-refractivity contribution is 0.102. The van der Waals surface area contributed by atoms with Crippen molar-refractivity contribution in [1.29, 1.82) is 0 Å². The normalized spacial score (nSPS) is 10.4. The lowest BCUT2D eigenvalue weighted by Crippen LogP contribution is -2.15.